The number of hydrogen-bond donors (Lipinski definition) is 1. The van der Waals surface area contributed by atoms with Gasteiger partial charge in [0, 0.05) is 23.9 Å². The number of ether oxygens (including phenoxy) is 1. The highest BCUT2D eigenvalue weighted by molar-refractivity contribution is 9.10. The first-order chi connectivity index (χ1) is 9.65. The molecule has 0 spiro atoms. The molecule has 1 heterocycles. The van der Waals surface area contributed by atoms with Crippen LogP contribution in [0.5, 0.6) is 5.75 Å². The van der Waals surface area contributed by atoms with E-state index in [1.807, 2.05) is 6.07 Å². The van der Waals surface area contributed by atoms with E-state index < -0.39 is 0 Å². The molecular formula is C16H20BrNOS. The van der Waals surface area contributed by atoms with E-state index in [2.05, 4.69) is 64.7 Å². The Morgan fingerprint density at radius 2 is 2.15 bits per heavy atom. The number of halogens is 1. The van der Waals surface area contributed by atoms with Crippen molar-refractivity contribution >= 4 is 27.3 Å². The summed E-state index contributed by atoms with van der Waals surface area (Å²) < 4.78 is 6.85. The van der Waals surface area contributed by atoms with Gasteiger partial charge in [0.15, 0.2) is 0 Å². The van der Waals surface area contributed by atoms with Crippen molar-refractivity contribution in [2.75, 3.05) is 6.61 Å². The summed E-state index contributed by atoms with van der Waals surface area (Å²) in [6.45, 7) is 5.89. The molecule has 0 aliphatic carbocycles. The van der Waals surface area contributed by atoms with Gasteiger partial charge in [-0.2, -0.15) is 0 Å². The van der Waals surface area contributed by atoms with Gasteiger partial charge >= 0.3 is 0 Å². The van der Waals surface area contributed by atoms with Gasteiger partial charge in [0.1, 0.15) is 5.75 Å². The molecule has 0 fully saturated rings. The third-order valence-electron chi connectivity index (χ3n) is 2.90. The highest BCUT2D eigenvalue weighted by Crippen LogP contribution is 2.26. The lowest BCUT2D eigenvalue weighted by molar-refractivity contribution is 0.321. The van der Waals surface area contributed by atoms with Crippen molar-refractivity contribution in [3.63, 3.8) is 0 Å². The van der Waals surface area contributed by atoms with Crippen molar-refractivity contribution in [2.24, 2.45) is 0 Å². The first kappa shape index (κ1) is 15.5. The summed E-state index contributed by atoms with van der Waals surface area (Å²) in [5, 5.41) is 5.51. The van der Waals surface area contributed by atoms with Gasteiger partial charge in [-0.25, -0.2) is 0 Å². The summed E-state index contributed by atoms with van der Waals surface area (Å²) >= 11 is 5.36. The average Bonchev–Trinajstić information content (AvgIpc) is 2.92. The molecule has 0 radical (unpaired) electrons. The first-order valence-electron chi connectivity index (χ1n) is 6.82. The van der Waals surface area contributed by atoms with E-state index in [1.54, 1.807) is 11.3 Å². The fourth-order valence-electron chi connectivity index (χ4n) is 1.81. The Labute approximate surface area is 133 Å². The number of benzene rings is 1. The van der Waals surface area contributed by atoms with Crippen LogP contribution in [0.25, 0.3) is 0 Å². The number of rotatable bonds is 7. The van der Waals surface area contributed by atoms with E-state index in [-0.39, 0.29) is 0 Å². The third kappa shape index (κ3) is 4.93. The van der Waals surface area contributed by atoms with Crippen LogP contribution in [0.1, 0.15) is 24.3 Å². The highest BCUT2D eigenvalue weighted by Gasteiger charge is 2.04. The Hall–Kier alpha value is -0.840. The zero-order valence-corrected chi connectivity index (χ0v) is 14.3. The maximum Gasteiger partial charge on any atom is 0.133 e. The maximum absolute atomic E-state index is 5.83. The van der Waals surface area contributed by atoms with Crippen molar-refractivity contribution < 1.29 is 4.74 Å². The summed E-state index contributed by atoms with van der Waals surface area (Å²) in [5.74, 6) is 0.912. The smallest absolute Gasteiger partial charge is 0.133 e. The van der Waals surface area contributed by atoms with Crippen molar-refractivity contribution in [3.8, 4) is 5.75 Å². The second kappa shape index (κ2) is 7.81. The molecule has 0 unspecified atom stereocenters. The minimum atomic E-state index is 0.496. The monoisotopic (exact) mass is 353 g/mol. The summed E-state index contributed by atoms with van der Waals surface area (Å²) in [7, 11) is 0. The minimum Gasteiger partial charge on any atom is -0.492 e. The van der Waals surface area contributed by atoms with Crippen LogP contribution in [0.15, 0.2) is 40.2 Å². The Morgan fingerprint density at radius 1 is 1.30 bits per heavy atom. The molecule has 0 aliphatic heterocycles. The Bertz CT molecular complexity index is 525. The lowest BCUT2D eigenvalue weighted by Gasteiger charge is -2.11. The predicted molar refractivity (Wildman–Crippen MR) is 89.6 cm³/mol. The molecule has 0 saturated carbocycles. The maximum atomic E-state index is 5.83. The molecule has 0 aliphatic rings. The third-order valence-corrected chi connectivity index (χ3v) is 4.45. The Kier molecular flexibility index (Phi) is 6.07. The van der Waals surface area contributed by atoms with Crippen LogP contribution in [-0.4, -0.2) is 12.6 Å². The lowest BCUT2D eigenvalue weighted by atomic mass is 10.2. The van der Waals surface area contributed by atoms with Gasteiger partial charge in [0.25, 0.3) is 0 Å². The van der Waals surface area contributed by atoms with Gasteiger partial charge in [-0.15, -0.1) is 11.3 Å². The molecule has 0 bridgehead atoms. The van der Waals surface area contributed by atoms with Crippen molar-refractivity contribution in [1.29, 1.82) is 0 Å². The van der Waals surface area contributed by atoms with E-state index in [9.17, 15) is 0 Å². The highest BCUT2D eigenvalue weighted by atomic mass is 79.9. The molecular weight excluding hydrogens is 334 g/mol. The van der Waals surface area contributed by atoms with Crippen molar-refractivity contribution in [2.45, 2.75) is 32.9 Å². The second-order valence-corrected chi connectivity index (χ2v) is 6.86. The normalized spacial score (nSPS) is 11.0. The van der Waals surface area contributed by atoms with Crippen LogP contribution in [0.2, 0.25) is 0 Å². The predicted octanol–water partition coefficient (Wildman–Crippen LogP) is 4.63. The number of nitrogens with one attached hydrogen (secondary N) is 1. The van der Waals surface area contributed by atoms with Crippen LogP contribution in [0.4, 0.5) is 0 Å². The van der Waals surface area contributed by atoms with E-state index in [0.717, 1.165) is 23.2 Å². The number of hydrogen-bond acceptors (Lipinski definition) is 3. The fraction of sp³-hybridized carbons (Fsp3) is 0.375. The van der Waals surface area contributed by atoms with Crippen LogP contribution >= 0.6 is 27.3 Å². The van der Waals surface area contributed by atoms with Crippen LogP contribution < -0.4 is 10.1 Å². The van der Waals surface area contributed by atoms with Gasteiger partial charge in [-0.3, -0.25) is 0 Å². The van der Waals surface area contributed by atoms with Crippen LogP contribution in [-0.2, 0) is 13.0 Å². The van der Waals surface area contributed by atoms with Gasteiger partial charge < -0.3 is 10.1 Å². The zero-order chi connectivity index (χ0) is 14.4. The van der Waals surface area contributed by atoms with Crippen LogP contribution in [0.3, 0.4) is 0 Å². The van der Waals surface area contributed by atoms with E-state index in [0.29, 0.717) is 12.6 Å². The molecule has 1 aromatic carbocycles. The average molecular weight is 354 g/mol. The summed E-state index contributed by atoms with van der Waals surface area (Å²) in [6.07, 6.45) is 0.959. The molecule has 108 valence electrons. The van der Waals surface area contributed by atoms with Gasteiger partial charge in [0.2, 0.25) is 0 Å². The quantitative estimate of drug-likeness (QED) is 0.783. The summed E-state index contributed by atoms with van der Waals surface area (Å²) in [6, 6.07) is 11.0. The van der Waals surface area contributed by atoms with Crippen molar-refractivity contribution in [3.05, 3.63) is 50.6 Å². The second-order valence-electron chi connectivity index (χ2n) is 4.98. The topological polar surface area (TPSA) is 21.3 Å². The lowest BCUT2D eigenvalue weighted by Crippen LogP contribution is -2.21. The molecule has 2 aromatic rings. The molecule has 0 saturated heterocycles. The number of thiophene rings is 1. The van der Waals surface area contributed by atoms with Gasteiger partial charge in [0.05, 0.1) is 11.1 Å². The van der Waals surface area contributed by atoms with Crippen LogP contribution in [0, 0.1) is 0 Å². The van der Waals surface area contributed by atoms with Gasteiger partial charge in [-0.05, 0) is 45.1 Å². The Balaban J connectivity index is 1.85. The standard InChI is InChI=1S/C16H20BrNOS/c1-12(2)18-11-13-5-6-16(15(17)10-13)19-8-7-14-4-3-9-20-14/h3-6,9-10,12,18H,7-8,11H2,1-2H3. The zero-order valence-electron chi connectivity index (χ0n) is 11.9. The van der Waals surface area contributed by atoms with Gasteiger partial charge in [-0.1, -0.05) is 26.0 Å². The van der Waals surface area contributed by atoms with E-state index in [4.69, 9.17) is 4.74 Å². The molecule has 0 amide bonds. The van der Waals surface area contributed by atoms with Crippen molar-refractivity contribution in [1.82, 2.24) is 5.32 Å². The summed E-state index contributed by atoms with van der Waals surface area (Å²) in [5.41, 5.74) is 1.26. The van der Waals surface area contributed by atoms with E-state index >= 15 is 0 Å². The SMILES string of the molecule is CC(C)NCc1ccc(OCCc2cccs2)c(Br)c1. The fourth-order valence-corrected chi connectivity index (χ4v) is 3.04. The molecule has 2 nitrogen and oxygen atoms in total. The molecule has 4 heteroatoms. The molecule has 1 aromatic heterocycles. The Morgan fingerprint density at radius 3 is 2.80 bits per heavy atom. The first-order valence-corrected chi connectivity index (χ1v) is 8.49. The molecule has 0 atom stereocenters. The largest absolute Gasteiger partial charge is 0.492 e. The molecule has 1 N–H and O–H groups in total. The minimum absolute atomic E-state index is 0.496. The molecule has 20 heavy (non-hydrogen) atoms. The molecule has 2 rings (SSSR count). The summed E-state index contributed by atoms with van der Waals surface area (Å²) in [4.78, 5) is 1.36. The van der Waals surface area contributed by atoms with E-state index in [1.165, 1.54) is 10.4 Å².